The van der Waals surface area contributed by atoms with Crippen LogP contribution in [0.5, 0.6) is 0 Å². The summed E-state index contributed by atoms with van der Waals surface area (Å²) in [5.41, 5.74) is 5.12. The summed E-state index contributed by atoms with van der Waals surface area (Å²) in [6.07, 6.45) is -0.532. The maximum absolute atomic E-state index is 13.0. The van der Waals surface area contributed by atoms with Gasteiger partial charge in [-0.2, -0.15) is 0 Å². The highest BCUT2D eigenvalue weighted by molar-refractivity contribution is 9.10. The van der Waals surface area contributed by atoms with Crippen molar-refractivity contribution in [3.8, 4) is 0 Å². The van der Waals surface area contributed by atoms with Gasteiger partial charge in [0.25, 0.3) is 0 Å². The zero-order valence-corrected chi connectivity index (χ0v) is 11.6. The van der Waals surface area contributed by atoms with Gasteiger partial charge < -0.3 is 21.5 Å². The number of amides is 3. The Morgan fingerprint density at radius 3 is 2.55 bits per heavy atom. The first-order chi connectivity index (χ1) is 9.29. The molecule has 0 aliphatic rings. The number of rotatable bonds is 5. The first-order valence-corrected chi connectivity index (χ1v) is 6.12. The van der Waals surface area contributed by atoms with Crippen LogP contribution >= 0.6 is 15.9 Å². The molecule has 1 aromatic carbocycles. The fourth-order valence-electron chi connectivity index (χ4n) is 1.30. The molecule has 20 heavy (non-hydrogen) atoms. The number of benzene rings is 1. The zero-order chi connectivity index (χ0) is 15.3. The van der Waals surface area contributed by atoms with Gasteiger partial charge >= 0.3 is 12.0 Å². The number of primary amides is 1. The monoisotopic (exact) mass is 347 g/mol. The lowest BCUT2D eigenvalue weighted by atomic mass is 10.2. The summed E-state index contributed by atoms with van der Waals surface area (Å²) in [4.78, 5) is 33.0. The molecule has 0 unspecified atom stereocenters. The van der Waals surface area contributed by atoms with E-state index in [9.17, 15) is 18.8 Å². The van der Waals surface area contributed by atoms with E-state index in [2.05, 4.69) is 26.6 Å². The van der Waals surface area contributed by atoms with Crippen LogP contribution < -0.4 is 16.4 Å². The van der Waals surface area contributed by atoms with E-state index in [1.54, 1.807) is 0 Å². The first-order valence-electron chi connectivity index (χ1n) is 5.33. The largest absolute Gasteiger partial charge is 0.480 e. The Labute approximate surface area is 121 Å². The highest BCUT2D eigenvalue weighted by Gasteiger charge is 2.22. The number of halogens is 2. The molecule has 0 heterocycles. The molecular weight excluding hydrogens is 337 g/mol. The number of hydrogen-bond acceptors (Lipinski definition) is 3. The predicted molar refractivity (Wildman–Crippen MR) is 71.5 cm³/mol. The summed E-state index contributed by atoms with van der Waals surface area (Å²) in [5, 5.41) is 13.2. The van der Waals surface area contributed by atoms with Gasteiger partial charge in [-0.1, -0.05) is 0 Å². The van der Waals surface area contributed by atoms with Crippen LogP contribution in [0.4, 0.5) is 14.9 Å². The average Bonchev–Trinajstić information content (AvgIpc) is 2.32. The van der Waals surface area contributed by atoms with Crippen LogP contribution in [0.25, 0.3) is 0 Å². The van der Waals surface area contributed by atoms with Gasteiger partial charge in [0.1, 0.15) is 11.9 Å². The molecule has 3 amide bonds. The number of aliphatic carboxylic acids is 1. The minimum absolute atomic E-state index is 0.141. The molecule has 0 spiro atoms. The van der Waals surface area contributed by atoms with Crippen molar-refractivity contribution < 1.29 is 23.9 Å². The Kier molecular flexibility index (Phi) is 5.44. The number of carboxylic acid groups (broad SMARTS) is 1. The van der Waals surface area contributed by atoms with Crippen LogP contribution in [0, 0.1) is 5.82 Å². The van der Waals surface area contributed by atoms with Gasteiger partial charge in [0, 0.05) is 5.69 Å². The van der Waals surface area contributed by atoms with Crippen molar-refractivity contribution in [3.63, 3.8) is 0 Å². The van der Waals surface area contributed by atoms with Crippen molar-refractivity contribution in [2.24, 2.45) is 5.73 Å². The van der Waals surface area contributed by atoms with Crippen LogP contribution in [-0.2, 0) is 9.59 Å². The van der Waals surface area contributed by atoms with E-state index in [0.717, 1.165) is 6.07 Å². The van der Waals surface area contributed by atoms with Gasteiger partial charge in [0.15, 0.2) is 0 Å². The molecule has 0 aliphatic carbocycles. The number of nitrogens with one attached hydrogen (secondary N) is 2. The minimum atomic E-state index is -1.43. The van der Waals surface area contributed by atoms with Crippen molar-refractivity contribution in [2.45, 2.75) is 12.5 Å². The van der Waals surface area contributed by atoms with Crippen molar-refractivity contribution in [2.75, 3.05) is 5.32 Å². The molecule has 1 rings (SSSR count). The fraction of sp³-hybridized carbons (Fsp3) is 0.182. The average molecular weight is 348 g/mol. The molecule has 0 bridgehead atoms. The molecule has 0 radical (unpaired) electrons. The van der Waals surface area contributed by atoms with E-state index in [1.165, 1.54) is 12.1 Å². The molecule has 0 saturated carbocycles. The maximum atomic E-state index is 13.0. The quantitative estimate of drug-likeness (QED) is 0.635. The molecule has 0 aliphatic heterocycles. The third-order valence-electron chi connectivity index (χ3n) is 2.19. The lowest BCUT2D eigenvalue weighted by Crippen LogP contribution is -2.45. The molecular formula is C11H11BrFN3O4. The van der Waals surface area contributed by atoms with Crippen LogP contribution in [-0.4, -0.2) is 29.1 Å². The Morgan fingerprint density at radius 2 is 2.05 bits per heavy atom. The molecule has 0 fully saturated rings. The van der Waals surface area contributed by atoms with E-state index in [0.29, 0.717) is 0 Å². The fourth-order valence-corrected chi connectivity index (χ4v) is 1.68. The topological polar surface area (TPSA) is 122 Å². The zero-order valence-electron chi connectivity index (χ0n) is 10.0. The first kappa shape index (κ1) is 15.9. The van der Waals surface area contributed by atoms with Crippen molar-refractivity contribution in [1.29, 1.82) is 0 Å². The van der Waals surface area contributed by atoms with Gasteiger partial charge in [-0.05, 0) is 34.1 Å². The number of urea groups is 1. The summed E-state index contributed by atoms with van der Waals surface area (Å²) in [7, 11) is 0. The van der Waals surface area contributed by atoms with Gasteiger partial charge in [-0.25, -0.2) is 14.0 Å². The molecule has 0 aromatic heterocycles. The second-order valence-corrected chi connectivity index (χ2v) is 4.64. The van der Waals surface area contributed by atoms with E-state index < -0.39 is 36.2 Å². The summed E-state index contributed by atoms with van der Waals surface area (Å²) in [6.45, 7) is 0. The van der Waals surface area contributed by atoms with E-state index in [1.807, 2.05) is 0 Å². The predicted octanol–water partition coefficient (Wildman–Crippen LogP) is 1.04. The number of nitrogens with two attached hydrogens (primary N) is 1. The lowest BCUT2D eigenvalue weighted by Gasteiger charge is -2.13. The molecule has 0 saturated heterocycles. The van der Waals surface area contributed by atoms with E-state index in [-0.39, 0.29) is 10.2 Å². The lowest BCUT2D eigenvalue weighted by molar-refractivity contribution is -0.140. The second-order valence-electron chi connectivity index (χ2n) is 3.79. The summed E-state index contributed by atoms with van der Waals surface area (Å²) >= 11 is 2.94. The summed E-state index contributed by atoms with van der Waals surface area (Å²) < 4.78 is 13.1. The van der Waals surface area contributed by atoms with Gasteiger partial charge in [-0.3, -0.25) is 4.79 Å². The van der Waals surface area contributed by atoms with Gasteiger partial charge in [0.2, 0.25) is 5.91 Å². The Morgan fingerprint density at radius 1 is 1.40 bits per heavy atom. The van der Waals surface area contributed by atoms with Gasteiger partial charge in [0.05, 0.1) is 10.9 Å². The number of carbonyl (C=O) groups excluding carboxylic acids is 2. The number of carboxylic acids is 1. The highest BCUT2D eigenvalue weighted by Crippen LogP contribution is 2.19. The van der Waals surface area contributed by atoms with Gasteiger partial charge in [-0.15, -0.1) is 0 Å². The van der Waals surface area contributed by atoms with Crippen LogP contribution in [0.3, 0.4) is 0 Å². The van der Waals surface area contributed by atoms with E-state index in [4.69, 9.17) is 10.8 Å². The maximum Gasteiger partial charge on any atom is 0.326 e. The smallest absolute Gasteiger partial charge is 0.326 e. The summed E-state index contributed by atoms with van der Waals surface area (Å²) in [6, 6.07) is 1.44. The van der Waals surface area contributed by atoms with E-state index >= 15 is 0 Å². The Bertz CT molecular complexity index is 552. The Balaban J connectivity index is 2.67. The number of hydrogen-bond donors (Lipinski definition) is 4. The molecule has 9 heteroatoms. The third-order valence-corrected chi connectivity index (χ3v) is 2.79. The highest BCUT2D eigenvalue weighted by atomic mass is 79.9. The second kappa shape index (κ2) is 6.85. The molecule has 108 valence electrons. The minimum Gasteiger partial charge on any atom is -0.480 e. The molecule has 1 aromatic rings. The molecule has 5 N–H and O–H groups in total. The SMILES string of the molecule is NC(=O)C[C@@H](NC(=O)Nc1ccc(F)c(Br)c1)C(=O)O. The van der Waals surface area contributed by atoms with Crippen molar-refractivity contribution in [3.05, 3.63) is 28.5 Å². The third kappa shape index (κ3) is 4.84. The van der Waals surface area contributed by atoms with Crippen LogP contribution in [0.1, 0.15) is 6.42 Å². The number of carbonyl (C=O) groups is 3. The molecule has 1 atom stereocenters. The van der Waals surface area contributed by atoms with Crippen LogP contribution in [0.2, 0.25) is 0 Å². The Hall–Kier alpha value is -2.16. The van der Waals surface area contributed by atoms with Crippen LogP contribution in [0.15, 0.2) is 22.7 Å². The number of anilines is 1. The standard InChI is InChI=1S/C11H11BrFN3O4/c12-6-3-5(1-2-7(6)13)15-11(20)16-8(10(18)19)4-9(14)17/h1-3,8H,4H2,(H2,14,17)(H,18,19)(H2,15,16,20)/t8-/m1/s1. The normalized spacial score (nSPS) is 11.5. The van der Waals surface area contributed by atoms with Crippen molar-refractivity contribution in [1.82, 2.24) is 5.32 Å². The molecule has 7 nitrogen and oxygen atoms in total. The van der Waals surface area contributed by atoms with Crippen molar-refractivity contribution >= 4 is 39.5 Å². The summed E-state index contributed by atoms with van der Waals surface area (Å²) in [5.74, 6) is -2.76.